The minimum absolute atomic E-state index is 0.0578. The number of carbonyl (C=O) groups is 2. The van der Waals surface area contributed by atoms with Crippen LogP contribution in [0.3, 0.4) is 0 Å². The minimum atomic E-state index is -4.57. The third-order valence-electron chi connectivity index (χ3n) is 6.55. The van der Waals surface area contributed by atoms with E-state index in [1.54, 1.807) is 27.6 Å². The van der Waals surface area contributed by atoms with Crippen molar-refractivity contribution >= 4 is 35.0 Å². The van der Waals surface area contributed by atoms with Crippen molar-refractivity contribution in [2.75, 3.05) is 29.0 Å². The zero-order valence-electron chi connectivity index (χ0n) is 20.1. The lowest BCUT2D eigenvalue weighted by atomic mass is 9.89. The lowest BCUT2D eigenvalue weighted by molar-refractivity contribution is -0.144. The van der Waals surface area contributed by atoms with E-state index in [9.17, 15) is 27.9 Å². The molecule has 0 spiro atoms. The maximum absolute atomic E-state index is 13.0. The average molecular weight is 535 g/mol. The van der Waals surface area contributed by atoms with Gasteiger partial charge in [-0.15, -0.1) is 6.42 Å². The molecule has 1 amide bonds. The third-order valence-corrected chi connectivity index (χ3v) is 6.55. The number of terminal acetylenes is 1. The number of rotatable bonds is 5. The molecule has 10 nitrogen and oxygen atoms in total. The summed E-state index contributed by atoms with van der Waals surface area (Å²) in [4.78, 5) is 38.9. The van der Waals surface area contributed by atoms with E-state index in [1.165, 1.54) is 18.3 Å². The maximum atomic E-state index is 13.0. The van der Waals surface area contributed by atoms with Crippen molar-refractivity contribution < 1.29 is 27.9 Å². The van der Waals surface area contributed by atoms with Crippen LogP contribution in [-0.2, 0) is 11.0 Å². The second kappa shape index (κ2) is 9.32. The van der Waals surface area contributed by atoms with Crippen molar-refractivity contribution in [2.24, 2.45) is 5.41 Å². The first kappa shape index (κ1) is 25.5. The van der Waals surface area contributed by atoms with E-state index in [0.717, 1.165) is 18.3 Å². The monoisotopic (exact) mass is 535 g/mol. The number of amides is 1. The fourth-order valence-corrected chi connectivity index (χ4v) is 4.45. The van der Waals surface area contributed by atoms with Crippen molar-refractivity contribution in [3.63, 3.8) is 0 Å². The molecule has 3 aromatic heterocycles. The summed E-state index contributed by atoms with van der Waals surface area (Å²) in [6.45, 7) is 0.419. The number of benzene rings is 1. The molecule has 0 radical (unpaired) electrons. The summed E-state index contributed by atoms with van der Waals surface area (Å²) in [5.41, 5.74) is 5.57. The van der Waals surface area contributed by atoms with Gasteiger partial charge in [0.1, 0.15) is 28.3 Å². The number of nitrogens with two attached hydrogens (primary N) is 1. The number of halogens is 3. The molecule has 1 aromatic carbocycles. The highest BCUT2D eigenvalue weighted by atomic mass is 19.4. The number of hydrogen-bond donors (Lipinski definition) is 3. The topological polar surface area (TPSA) is 139 Å². The molecular formula is C26H20F3N7O3. The molecule has 1 aliphatic rings. The number of imidazole rings is 1. The Morgan fingerprint density at radius 3 is 2.54 bits per heavy atom. The number of nitrogen functional groups attached to an aromatic ring is 1. The number of fused-ring (bicyclic) bond motifs is 1. The number of hydrogen-bond acceptors (Lipinski definition) is 7. The molecule has 4 aromatic rings. The fourth-order valence-electron chi connectivity index (χ4n) is 4.45. The van der Waals surface area contributed by atoms with E-state index in [2.05, 4.69) is 21.2 Å². The molecule has 198 valence electrons. The normalized spacial score (nSPS) is 17.2. The highest BCUT2D eigenvalue weighted by Gasteiger charge is 2.44. The van der Waals surface area contributed by atoms with E-state index in [1.807, 2.05) is 0 Å². The number of carbonyl (C=O) groups excluding carboxylic acids is 1. The van der Waals surface area contributed by atoms with Gasteiger partial charge in [0.25, 0.3) is 5.91 Å². The lowest BCUT2D eigenvalue weighted by Crippen LogP contribution is -2.33. The number of aliphatic carboxylic acids is 1. The van der Waals surface area contributed by atoms with Gasteiger partial charge in [-0.05, 0) is 30.7 Å². The largest absolute Gasteiger partial charge is 0.480 e. The Bertz CT molecular complexity index is 1640. The number of anilines is 3. The van der Waals surface area contributed by atoms with Crippen molar-refractivity contribution in [1.82, 2.24) is 19.4 Å². The first-order chi connectivity index (χ1) is 18.5. The zero-order valence-corrected chi connectivity index (χ0v) is 20.1. The van der Waals surface area contributed by atoms with Crippen LogP contribution in [0.1, 0.15) is 22.3 Å². The van der Waals surface area contributed by atoms with E-state index in [4.69, 9.17) is 17.1 Å². The molecular weight excluding hydrogens is 515 g/mol. The lowest BCUT2D eigenvalue weighted by Gasteiger charge is -2.19. The number of nitrogens with one attached hydrogen (secondary N) is 1. The summed E-state index contributed by atoms with van der Waals surface area (Å²) in [7, 11) is 0. The summed E-state index contributed by atoms with van der Waals surface area (Å²) in [6.07, 6.45) is 5.34. The van der Waals surface area contributed by atoms with Crippen molar-refractivity contribution in [2.45, 2.75) is 12.6 Å². The molecule has 0 unspecified atom stereocenters. The Hall–Kier alpha value is -5.12. The summed E-state index contributed by atoms with van der Waals surface area (Å²) in [5, 5.41) is 12.0. The van der Waals surface area contributed by atoms with Crippen LogP contribution in [0.5, 0.6) is 0 Å². The quantitative estimate of drug-likeness (QED) is 0.330. The van der Waals surface area contributed by atoms with Crippen LogP contribution in [0.25, 0.3) is 16.8 Å². The van der Waals surface area contributed by atoms with Gasteiger partial charge in [0.05, 0.1) is 5.56 Å². The summed E-state index contributed by atoms with van der Waals surface area (Å²) in [5.74, 6) is 1.06. The molecule has 4 heterocycles. The van der Waals surface area contributed by atoms with Gasteiger partial charge in [-0.2, -0.15) is 13.2 Å². The minimum Gasteiger partial charge on any atom is -0.480 e. The van der Waals surface area contributed by atoms with Gasteiger partial charge in [-0.25, -0.2) is 15.0 Å². The van der Waals surface area contributed by atoms with Gasteiger partial charge in [0.2, 0.25) is 5.95 Å². The second-order valence-electron chi connectivity index (χ2n) is 8.95. The number of carboxylic acid groups (broad SMARTS) is 1. The van der Waals surface area contributed by atoms with Crippen LogP contribution in [0.2, 0.25) is 0 Å². The fraction of sp³-hybridized carbons (Fsp3) is 0.192. The Morgan fingerprint density at radius 2 is 1.90 bits per heavy atom. The van der Waals surface area contributed by atoms with Crippen molar-refractivity contribution in [3.8, 4) is 23.6 Å². The molecule has 4 N–H and O–H groups in total. The van der Waals surface area contributed by atoms with Crippen LogP contribution >= 0.6 is 0 Å². The Balaban J connectivity index is 1.44. The number of nitrogens with zero attached hydrogens (tertiary/aromatic N) is 5. The first-order valence-electron chi connectivity index (χ1n) is 11.6. The number of alkyl halides is 3. The molecule has 1 aliphatic heterocycles. The van der Waals surface area contributed by atoms with Gasteiger partial charge in [0, 0.05) is 42.8 Å². The molecule has 1 saturated heterocycles. The average Bonchev–Trinajstić information content (AvgIpc) is 3.52. The Kier molecular flexibility index (Phi) is 6.10. The summed E-state index contributed by atoms with van der Waals surface area (Å²) < 4.78 is 40.6. The van der Waals surface area contributed by atoms with Crippen LogP contribution < -0.4 is 16.0 Å². The van der Waals surface area contributed by atoms with Crippen molar-refractivity contribution in [1.29, 1.82) is 0 Å². The van der Waals surface area contributed by atoms with Crippen molar-refractivity contribution in [3.05, 3.63) is 66.1 Å². The molecule has 5 rings (SSSR count). The maximum Gasteiger partial charge on any atom is 0.416 e. The summed E-state index contributed by atoms with van der Waals surface area (Å²) in [6, 6.07) is 7.75. The van der Waals surface area contributed by atoms with Gasteiger partial charge in [-0.1, -0.05) is 18.1 Å². The predicted octanol–water partition coefficient (Wildman–Crippen LogP) is 3.56. The zero-order chi connectivity index (χ0) is 27.9. The summed E-state index contributed by atoms with van der Waals surface area (Å²) >= 11 is 0. The van der Waals surface area contributed by atoms with Crippen LogP contribution in [0, 0.1) is 17.8 Å². The smallest absolute Gasteiger partial charge is 0.416 e. The van der Waals surface area contributed by atoms with Gasteiger partial charge >= 0.3 is 12.1 Å². The molecule has 0 saturated carbocycles. The number of carboxylic acids is 1. The van der Waals surface area contributed by atoms with Crippen LogP contribution in [0.15, 0.2) is 55.0 Å². The molecule has 39 heavy (non-hydrogen) atoms. The number of aromatic nitrogens is 4. The van der Waals surface area contributed by atoms with E-state index < -0.39 is 29.0 Å². The highest BCUT2D eigenvalue weighted by Crippen LogP contribution is 2.37. The van der Waals surface area contributed by atoms with Gasteiger partial charge in [0.15, 0.2) is 0 Å². The van der Waals surface area contributed by atoms with Gasteiger partial charge in [-0.3, -0.25) is 14.0 Å². The first-order valence-corrected chi connectivity index (χ1v) is 11.6. The highest BCUT2D eigenvalue weighted by molar-refractivity contribution is 6.04. The molecule has 0 aliphatic carbocycles. The Morgan fingerprint density at radius 1 is 1.15 bits per heavy atom. The molecule has 0 bridgehead atoms. The van der Waals surface area contributed by atoms with Crippen LogP contribution in [-0.4, -0.2) is 49.4 Å². The SMILES string of the molecule is C#C[C@]1(C(=O)O)CCN(c2nc(-c3ccc(C(=O)Nc4cc(C(F)(F)F)ccn4)cc3)c3c(N)nccn23)C1. The molecule has 1 fully saturated rings. The van der Waals surface area contributed by atoms with Crippen LogP contribution in [0.4, 0.5) is 30.8 Å². The Labute approximate surface area is 219 Å². The van der Waals surface area contributed by atoms with E-state index in [0.29, 0.717) is 29.3 Å². The van der Waals surface area contributed by atoms with E-state index >= 15 is 0 Å². The second-order valence-corrected chi connectivity index (χ2v) is 8.95. The number of pyridine rings is 1. The molecule has 1 atom stereocenters. The standard InChI is InChI=1S/C26H20F3N7O3/c1-2-25(23(38)39)8-11-35(14-25)24-34-19(20-21(30)32-10-12-36(20)24)15-3-5-16(6-4-15)22(37)33-18-13-17(7-9-31-18)26(27,28)29/h1,3-7,9-10,12-13H,8,11,14H2,(H2,30,32)(H,38,39)(H,31,33,37)/t25-/m0/s1. The van der Waals surface area contributed by atoms with Gasteiger partial charge < -0.3 is 21.1 Å². The molecule has 13 heteroatoms. The predicted molar refractivity (Wildman–Crippen MR) is 136 cm³/mol. The third kappa shape index (κ3) is 4.56. The van der Waals surface area contributed by atoms with E-state index in [-0.39, 0.29) is 30.2 Å².